The number of hydrogen-bond donors (Lipinski definition) is 1. The Kier molecular flexibility index (Phi) is 6.03. The summed E-state index contributed by atoms with van der Waals surface area (Å²) in [5, 5.41) is 4.09. The molecule has 1 amide bonds. The van der Waals surface area contributed by atoms with Gasteiger partial charge >= 0.3 is 5.97 Å². The number of nitrogens with one attached hydrogen (secondary N) is 1. The molecule has 0 radical (unpaired) electrons. The smallest absolute Gasteiger partial charge is 0.307 e. The number of nitrogens with zero attached hydrogens (tertiary/aromatic N) is 1. The maximum Gasteiger partial charge on any atom is 0.307 e. The summed E-state index contributed by atoms with van der Waals surface area (Å²) in [5.74, 6) is -0.673. The second-order valence-corrected chi connectivity index (χ2v) is 7.76. The van der Waals surface area contributed by atoms with Gasteiger partial charge in [-0.2, -0.15) is 0 Å². The molecule has 0 bridgehead atoms. The highest BCUT2D eigenvalue weighted by atomic mass is 16.5. The van der Waals surface area contributed by atoms with Crippen molar-refractivity contribution in [2.45, 2.75) is 25.9 Å². The van der Waals surface area contributed by atoms with Gasteiger partial charge in [0, 0.05) is 10.8 Å². The molecule has 4 rings (SSSR count). The number of hydrogen-bond acceptors (Lipinski definition) is 4. The Morgan fingerprint density at radius 1 is 0.906 bits per heavy atom. The third kappa shape index (κ3) is 4.25. The monoisotopic (exact) mass is 428 g/mol. The van der Waals surface area contributed by atoms with Gasteiger partial charge in [0.05, 0.1) is 30.6 Å². The van der Waals surface area contributed by atoms with Gasteiger partial charge in [0.2, 0.25) is 5.91 Å². The fourth-order valence-electron chi connectivity index (χ4n) is 3.93. The van der Waals surface area contributed by atoms with Crippen LogP contribution in [-0.2, 0) is 20.9 Å². The molecular formula is C26H24N2O4. The average molecular weight is 428 g/mol. The maximum absolute atomic E-state index is 13.1. The number of carbonyl (C=O) groups excluding carboxylic acids is 2. The minimum absolute atomic E-state index is 0.00480. The quantitative estimate of drug-likeness (QED) is 0.373. The van der Waals surface area contributed by atoms with Crippen LogP contribution in [0.1, 0.15) is 23.6 Å². The van der Waals surface area contributed by atoms with E-state index >= 15 is 0 Å². The Bertz CT molecular complexity index is 1300. The van der Waals surface area contributed by atoms with Gasteiger partial charge in [-0.25, -0.2) is 0 Å². The maximum atomic E-state index is 13.1. The molecule has 0 saturated carbocycles. The average Bonchev–Trinajstić information content (AvgIpc) is 2.81. The Balaban J connectivity index is 1.70. The van der Waals surface area contributed by atoms with Crippen LogP contribution in [0.2, 0.25) is 0 Å². The van der Waals surface area contributed by atoms with Gasteiger partial charge in [0.25, 0.3) is 0 Å². The zero-order valence-corrected chi connectivity index (χ0v) is 18.0. The van der Waals surface area contributed by atoms with Crippen molar-refractivity contribution in [3.8, 4) is 0 Å². The summed E-state index contributed by atoms with van der Waals surface area (Å²) in [6, 6.07) is 21.7. The van der Waals surface area contributed by atoms with Gasteiger partial charge in [-0.1, -0.05) is 54.1 Å². The van der Waals surface area contributed by atoms with E-state index < -0.39 is 12.0 Å². The zero-order valence-electron chi connectivity index (χ0n) is 18.0. The number of rotatable bonds is 6. The SMILES string of the molecule is COC(=O)CC(NC(=O)Cn1c2ccccc2c(=O)c2ccccc21)c1ccc(C)cc1. The van der Waals surface area contributed by atoms with Crippen LogP contribution in [0, 0.1) is 6.92 Å². The fraction of sp³-hybridized carbons (Fsp3) is 0.192. The van der Waals surface area contributed by atoms with Crippen molar-refractivity contribution < 1.29 is 14.3 Å². The lowest BCUT2D eigenvalue weighted by Gasteiger charge is -2.20. The largest absolute Gasteiger partial charge is 0.469 e. The van der Waals surface area contributed by atoms with Gasteiger partial charge in [0.15, 0.2) is 5.43 Å². The molecule has 0 saturated heterocycles. The van der Waals surface area contributed by atoms with E-state index in [1.54, 1.807) is 12.1 Å². The van der Waals surface area contributed by atoms with Gasteiger partial charge in [-0.15, -0.1) is 0 Å². The van der Waals surface area contributed by atoms with E-state index in [-0.39, 0.29) is 24.3 Å². The van der Waals surface area contributed by atoms with Crippen LogP contribution in [0.15, 0.2) is 77.6 Å². The number of aromatic nitrogens is 1. The molecule has 1 aromatic heterocycles. The molecule has 1 N–H and O–H groups in total. The first kappa shape index (κ1) is 21.3. The van der Waals surface area contributed by atoms with Crippen molar-refractivity contribution in [1.82, 2.24) is 9.88 Å². The summed E-state index contributed by atoms with van der Waals surface area (Å²) in [4.78, 5) is 38.0. The van der Waals surface area contributed by atoms with E-state index in [0.29, 0.717) is 21.8 Å². The molecule has 0 aliphatic carbocycles. The molecule has 162 valence electrons. The van der Waals surface area contributed by atoms with E-state index in [1.165, 1.54) is 7.11 Å². The molecule has 1 heterocycles. The van der Waals surface area contributed by atoms with Crippen molar-refractivity contribution >= 4 is 33.7 Å². The first-order chi connectivity index (χ1) is 15.5. The minimum Gasteiger partial charge on any atom is -0.469 e. The van der Waals surface area contributed by atoms with E-state index in [9.17, 15) is 14.4 Å². The summed E-state index contributed by atoms with van der Waals surface area (Å²) < 4.78 is 6.66. The van der Waals surface area contributed by atoms with Crippen LogP contribution in [0.5, 0.6) is 0 Å². The van der Waals surface area contributed by atoms with E-state index in [4.69, 9.17) is 4.74 Å². The highest BCUT2D eigenvalue weighted by molar-refractivity contribution is 5.95. The molecule has 4 aromatic rings. The second kappa shape index (κ2) is 9.06. The first-order valence-corrected chi connectivity index (χ1v) is 10.4. The molecule has 6 nitrogen and oxygen atoms in total. The van der Waals surface area contributed by atoms with Gasteiger partial charge in [0.1, 0.15) is 6.54 Å². The Morgan fingerprint density at radius 3 is 2.03 bits per heavy atom. The number of carbonyl (C=O) groups is 2. The van der Waals surface area contributed by atoms with Crippen molar-refractivity contribution in [1.29, 1.82) is 0 Å². The van der Waals surface area contributed by atoms with Crippen LogP contribution in [0.25, 0.3) is 21.8 Å². The van der Waals surface area contributed by atoms with Crippen molar-refractivity contribution in [2.24, 2.45) is 0 Å². The summed E-state index contributed by atoms with van der Waals surface area (Å²) >= 11 is 0. The molecule has 0 aliphatic rings. The number of para-hydroxylation sites is 2. The van der Waals surface area contributed by atoms with Crippen LogP contribution in [0.4, 0.5) is 0 Å². The van der Waals surface area contributed by atoms with Crippen LogP contribution >= 0.6 is 0 Å². The topological polar surface area (TPSA) is 77.4 Å². The molecule has 0 fully saturated rings. The second-order valence-electron chi connectivity index (χ2n) is 7.76. The number of methoxy groups -OCH3 is 1. The fourth-order valence-corrected chi connectivity index (χ4v) is 3.93. The minimum atomic E-state index is -0.521. The number of fused-ring (bicyclic) bond motifs is 2. The van der Waals surface area contributed by atoms with Crippen LogP contribution in [0.3, 0.4) is 0 Å². The lowest BCUT2D eigenvalue weighted by atomic mass is 10.0. The molecule has 0 spiro atoms. The standard InChI is InChI=1S/C26H24N2O4/c1-17-11-13-18(14-12-17)21(15-25(30)32-2)27-24(29)16-28-22-9-5-3-7-19(22)26(31)20-8-4-6-10-23(20)28/h3-14,21H,15-16H2,1-2H3,(H,27,29). The molecule has 1 atom stereocenters. The van der Waals surface area contributed by atoms with Gasteiger partial charge in [-0.3, -0.25) is 14.4 Å². The molecule has 6 heteroatoms. The molecule has 0 aliphatic heterocycles. The number of ether oxygens (including phenoxy) is 1. The van der Waals surface area contributed by atoms with Gasteiger partial charge in [-0.05, 0) is 36.8 Å². The van der Waals surface area contributed by atoms with Gasteiger partial charge < -0.3 is 14.6 Å². The molecule has 3 aromatic carbocycles. The molecule has 32 heavy (non-hydrogen) atoms. The number of benzene rings is 3. The lowest BCUT2D eigenvalue weighted by Crippen LogP contribution is -2.33. The van der Waals surface area contributed by atoms with Crippen LogP contribution in [-0.4, -0.2) is 23.6 Å². The van der Waals surface area contributed by atoms with E-state index in [1.807, 2.05) is 72.2 Å². The van der Waals surface area contributed by atoms with Crippen molar-refractivity contribution in [3.05, 3.63) is 94.1 Å². The zero-order chi connectivity index (χ0) is 22.7. The number of pyridine rings is 1. The summed E-state index contributed by atoms with van der Waals surface area (Å²) in [7, 11) is 1.33. The number of esters is 1. The summed E-state index contributed by atoms with van der Waals surface area (Å²) in [6.45, 7) is 1.98. The molecule has 1 unspecified atom stereocenters. The Hall–Kier alpha value is -3.93. The van der Waals surface area contributed by atoms with E-state index in [0.717, 1.165) is 11.1 Å². The number of aryl methyl sites for hydroxylation is 1. The predicted octanol–water partition coefficient (Wildman–Crippen LogP) is 3.88. The molecular weight excluding hydrogens is 404 g/mol. The van der Waals surface area contributed by atoms with Crippen molar-refractivity contribution in [3.63, 3.8) is 0 Å². The van der Waals surface area contributed by atoms with Crippen molar-refractivity contribution in [2.75, 3.05) is 7.11 Å². The third-order valence-corrected chi connectivity index (χ3v) is 5.59. The first-order valence-electron chi connectivity index (χ1n) is 10.4. The Labute approximate surface area is 185 Å². The highest BCUT2D eigenvalue weighted by Crippen LogP contribution is 2.21. The number of amides is 1. The summed E-state index contributed by atoms with van der Waals surface area (Å²) in [5.41, 5.74) is 3.22. The van der Waals surface area contributed by atoms with Crippen LogP contribution < -0.4 is 10.7 Å². The predicted molar refractivity (Wildman–Crippen MR) is 124 cm³/mol. The summed E-state index contributed by atoms with van der Waals surface area (Å²) in [6.07, 6.45) is 0.0248. The normalized spacial score (nSPS) is 11.9. The van der Waals surface area contributed by atoms with E-state index in [2.05, 4.69) is 5.32 Å². The lowest BCUT2D eigenvalue weighted by molar-refractivity contribution is -0.141. The highest BCUT2D eigenvalue weighted by Gasteiger charge is 2.20. The third-order valence-electron chi connectivity index (χ3n) is 5.59. The Morgan fingerprint density at radius 2 is 1.47 bits per heavy atom.